The second kappa shape index (κ2) is 8.02. The molecule has 0 saturated heterocycles. The molecule has 4 N–H and O–H groups in total. The van der Waals surface area contributed by atoms with Crippen LogP contribution in [0.15, 0.2) is 88.2 Å². The Morgan fingerprint density at radius 3 is 1.81 bits per heavy atom. The van der Waals surface area contributed by atoms with Crippen LogP contribution in [0.1, 0.15) is 47.2 Å². The van der Waals surface area contributed by atoms with Crippen LogP contribution < -0.4 is 16.6 Å². The molecule has 0 amide bonds. The van der Waals surface area contributed by atoms with Crippen molar-refractivity contribution < 1.29 is 0 Å². The minimum Gasteiger partial charge on any atom is -0.399 e. The van der Waals surface area contributed by atoms with Crippen molar-refractivity contribution in [2.24, 2.45) is 15.4 Å². The molecule has 0 fully saturated rings. The largest absolute Gasteiger partial charge is 0.399 e. The van der Waals surface area contributed by atoms with Gasteiger partial charge in [-0.2, -0.15) is 10.2 Å². The highest BCUT2D eigenvalue weighted by Gasteiger charge is 2.24. The fourth-order valence-electron chi connectivity index (χ4n) is 4.00. The van der Waals surface area contributed by atoms with Gasteiger partial charge in [-0.1, -0.05) is 42.5 Å². The lowest BCUT2D eigenvalue weighted by atomic mass is 9.95. The zero-order chi connectivity index (χ0) is 21.2. The first kappa shape index (κ1) is 19.0. The van der Waals surface area contributed by atoms with E-state index in [1.54, 1.807) is 12.1 Å². The third-order valence-corrected chi connectivity index (χ3v) is 5.77. The maximum absolute atomic E-state index is 10.6. The number of nitrogens with zero attached hydrogens (tertiary/aromatic N) is 3. The molecule has 5 rings (SSSR count). The first-order chi connectivity index (χ1) is 15.2. The fourth-order valence-corrected chi connectivity index (χ4v) is 4.00. The molecule has 0 spiro atoms. The molecule has 3 aromatic rings. The van der Waals surface area contributed by atoms with Crippen molar-refractivity contribution in [3.05, 3.63) is 100.0 Å². The molecular weight excluding hydrogens is 388 g/mol. The molecule has 0 aromatic heterocycles. The third kappa shape index (κ3) is 3.90. The lowest BCUT2D eigenvalue weighted by Gasteiger charge is -2.11. The van der Waals surface area contributed by atoms with Crippen molar-refractivity contribution >= 4 is 22.8 Å². The summed E-state index contributed by atoms with van der Waals surface area (Å²) < 4.78 is 0. The Morgan fingerprint density at radius 2 is 1.29 bits per heavy atom. The van der Waals surface area contributed by atoms with Crippen LogP contribution in [0.4, 0.5) is 11.4 Å². The molecule has 0 bridgehead atoms. The van der Waals surface area contributed by atoms with Crippen LogP contribution in [-0.2, 0) is 0 Å². The average Bonchev–Trinajstić information content (AvgIpc) is 3.50. The molecule has 2 atom stereocenters. The number of nitrogens with one attached hydrogen (secondary N) is 2. The highest BCUT2D eigenvalue weighted by atomic mass is 16.3. The van der Waals surface area contributed by atoms with Gasteiger partial charge in [-0.3, -0.25) is 0 Å². The molecule has 0 aliphatic carbocycles. The summed E-state index contributed by atoms with van der Waals surface area (Å²) >= 11 is 0. The number of nitrogens with two attached hydrogens (primary N) is 1. The zero-order valence-electron chi connectivity index (χ0n) is 16.8. The normalized spacial score (nSPS) is 19.9. The Bertz CT molecular complexity index is 1170. The van der Waals surface area contributed by atoms with Crippen molar-refractivity contribution in [2.45, 2.75) is 24.9 Å². The van der Waals surface area contributed by atoms with E-state index in [0.717, 1.165) is 46.6 Å². The van der Waals surface area contributed by atoms with Gasteiger partial charge in [0.15, 0.2) is 0 Å². The smallest absolute Gasteiger partial charge is 0.108 e. The highest BCUT2D eigenvalue weighted by Crippen LogP contribution is 2.28. The SMILES string of the molecule is Nc1ccc(C2CC(c3cccc(C4=NNC(c5ccc(N=O)cc5)C4)c3)=NN2)cc1. The van der Waals surface area contributed by atoms with Crippen molar-refractivity contribution in [1.29, 1.82) is 0 Å². The first-order valence-corrected chi connectivity index (χ1v) is 10.2. The summed E-state index contributed by atoms with van der Waals surface area (Å²) in [7, 11) is 0. The standard InChI is InChI=1S/C24H22N6O/c25-19-8-4-15(5-9-19)21-13-23(28-26-21)17-2-1-3-18(12-17)24-14-22(27-29-24)16-6-10-20(30-31)11-7-16/h1-12,21-22,26-27H,13-14,25H2. The Labute approximate surface area is 180 Å². The van der Waals surface area contributed by atoms with Gasteiger partial charge >= 0.3 is 0 Å². The molecular formula is C24H22N6O. The summed E-state index contributed by atoms with van der Waals surface area (Å²) in [4.78, 5) is 10.6. The van der Waals surface area contributed by atoms with Crippen LogP contribution in [0, 0.1) is 4.91 Å². The summed E-state index contributed by atoms with van der Waals surface area (Å²) in [5.41, 5.74) is 19.9. The van der Waals surface area contributed by atoms with Gasteiger partial charge in [0, 0.05) is 18.5 Å². The van der Waals surface area contributed by atoms with Gasteiger partial charge in [-0.25, -0.2) is 0 Å². The molecule has 0 radical (unpaired) electrons. The quantitative estimate of drug-likeness (QED) is 0.424. The van der Waals surface area contributed by atoms with Gasteiger partial charge in [-0.15, -0.1) is 4.91 Å². The lowest BCUT2D eigenvalue weighted by Crippen LogP contribution is -2.10. The van der Waals surface area contributed by atoms with E-state index in [-0.39, 0.29) is 12.1 Å². The van der Waals surface area contributed by atoms with Gasteiger partial charge in [0.25, 0.3) is 0 Å². The van der Waals surface area contributed by atoms with Gasteiger partial charge in [-0.05, 0) is 57.8 Å². The van der Waals surface area contributed by atoms with E-state index in [0.29, 0.717) is 5.69 Å². The fraction of sp³-hybridized carbons (Fsp3) is 0.167. The van der Waals surface area contributed by atoms with Gasteiger partial charge < -0.3 is 16.6 Å². The first-order valence-electron chi connectivity index (χ1n) is 10.2. The number of anilines is 1. The Balaban J connectivity index is 1.28. The average molecular weight is 410 g/mol. The molecule has 2 unspecified atom stereocenters. The van der Waals surface area contributed by atoms with Gasteiger partial charge in [0.05, 0.1) is 23.5 Å². The molecule has 31 heavy (non-hydrogen) atoms. The minimum atomic E-state index is 0.0831. The lowest BCUT2D eigenvalue weighted by molar-refractivity contribution is 0.620. The number of nitrogen functional groups attached to an aromatic ring is 1. The van der Waals surface area contributed by atoms with Crippen LogP contribution in [0.5, 0.6) is 0 Å². The van der Waals surface area contributed by atoms with Crippen molar-refractivity contribution in [3.8, 4) is 0 Å². The molecule has 0 saturated carbocycles. The molecule has 7 heteroatoms. The number of nitroso groups, excluding NO2 is 1. The summed E-state index contributed by atoms with van der Waals surface area (Å²) in [6, 6.07) is 23.8. The van der Waals surface area contributed by atoms with Crippen LogP contribution in [0.2, 0.25) is 0 Å². The molecule has 154 valence electrons. The van der Waals surface area contributed by atoms with E-state index < -0.39 is 0 Å². The predicted molar refractivity (Wildman–Crippen MR) is 123 cm³/mol. The topological polar surface area (TPSA) is 104 Å². The predicted octanol–water partition coefficient (Wildman–Crippen LogP) is 4.54. The zero-order valence-corrected chi connectivity index (χ0v) is 16.8. The summed E-state index contributed by atoms with van der Waals surface area (Å²) in [5, 5.41) is 12.1. The Hall–Kier alpha value is -4.00. The van der Waals surface area contributed by atoms with E-state index in [4.69, 9.17) is 5.73 Å². The molecule has 3 aromatic carbocycles. The molecule has 7 nitrogen and oxygen atoms in total. The van der Waals surface area contributed by atoms with E-state index in [1.165, 1.54) is 5.56 Å². The molecule has 2 heterocycles. The summed E-state index contributed by atoms with van der Waals surface area (Å²) in [6.45, 7) is 0. The van der Waals surface area contributed by atoms with Crippen molar-refractivity contribution in [3.63, 3.8) is 0 Å². The number of rotatable bonds is 5. The highest BCUT2D eigenvalue weighted by molar-refractivity contribution is 6.06. The second-order valence-corrected chi connectivity index (χ2v) is 7.82. The van der Waals surface area contributed by atoms with E-state index >= 15 is 0 Å². The second-order valence-electron chi connectivity index (χ2n) is 7.82. The van der Waals surface area contributed by atoms with Gasteiger partial charge in [0.1, 0.15) is 5.69 Å². The van der Waals surface area contributed by atoms with Gasteiger partial charge in [0.2, 0.25) is 0 Å². The summed E-state index contributed by atoms with van der Waals surface area (Å²) in [5.74, 6) is 0. The third-order valence-electron chi connectivity index (χ3n) is 5.77. The monoisotopic (exact) mass is 410 g/mol. The number of hydrogen-bond donors (Lipinski definition) is 3. The maximum atomic E-state index is 10.6. The van der Waals surface area contributed by atoms with Crippen molar-refractivity contribution in [1.82, 2.24) is 10.9 Å². The Kier molecular flexibility index (Phi) is 4.92. The van der Waals surface area contributed by atoms with E-state index in [9.17, 15) is 4.91 Å². The number of hydrazone groups is 2. The number of benzene rings is 3. The van der Waals surface area contributed by atoms with E-state index in [1.807, 2.05) is 42.5 Å². The maximum Gasteiger partial charge on any atom is 0.108 e. The summed E-state index contributed by atoms with van der Waals surface area (Å²) in [6.07, 6.45) is 1.59. The Morgan fingerprint density at radius 1 is 0.774 bits per heavy atom. The molecule has 2 aliphatic rings. The van der Waals surface area contributed by atoms with Crippen LogP contribution >= 0.6 is 0 Å². The number of hydrogen-bond acceptors (Lipinski definition) is 7. The van der Waals surface area contributed by atoms with E-state index in [2.05, 4.69) is 44.4 Å². The van der Waals surface area contributed by atoms with Crippen LogP contribution in [0.3, 0.4) is 0 Å². The van der Waals surface area contributed by atoms with Crippen LogP contribution in [-0.4, -0.2) is 11.4 Å². The van der Waals surface area contributed by atoms with Crippen LogP contribution in [0.25, 0.3) is 0 Å². The van der Waals surface area contributed by atoms with Crippen molar-refractivity contribution in [2.75, 3.05) is 5.73 Å². The minimum absolute atomic E-state index is 0.0831. The molecule has 2 aliphatic heterocycles.